The van der Waals surface area contributed by atoms with Gasteiger partial charge in [-0.15, -0.1) is 10.2 Å². The summed E-state index contributed by atoms with van der Waals surface area (Å²) in [7, 11) is -3.65. The van der Waals surface area contributed by atoms with E-state index < -0.39 is 10.0 Å². The molecule has 0 fully saturated rings. The van der Waals surface area contributed by atoms with E-state index in [1.807, 2.05) is 49.4 Å². The second-order valence-corrected chi connectivity index (χ2v) is 9.13. The molecule has 0 spiro atoms. The maximum atomic E-state index is 12.5. The van der Waals surface area contributed by atoms with E-state index in [4.69, 9.17) is 4.74 Å². The van der Waals surface area contributed by atoms with Crippen LogP contribution in [0.3, 0.4) is 0 Å². The minimum Gasteiger partial charge on any atom is -0.457 e. The molecule has 2 aromatic heterocycles. The standard InChI is InChI=1S/C24H24N6O3S/c1-18-13-14-25-24(17-18)28-23-12-11-22(29-30-23)26-15-16-27-34(31,32)21-9-7-20(8-10-21)33-19-5-3-2-4-6-19/h2-14,17,27H,15-16H2,1H3,(H,26,29)(H,25,28,30). The third-order valence-electron chi connectivity index (χ3n) is 4.67. The average Bonchev–Trinajstić information content (AvgIpc) is 2.84. The molecule has 0 bridgehead atoms. The summed E-state index contributed by atoms with van der Waals surface area (Å²) in [4.78, 5) is 4.38. The number of anilines is 3. The molecule has 34 heavy (non-hydrogen) atoms. The predicted molar refractivity (Wildman–Crippen MR) is 131 cm³/mol. The third kappa shape index (κ3) is 6.50. The number of aryl methyl sites for hydroxylation is 1. The first-order chi connectivity index (χ1) is 16.5. The number of pyridine rings is 1. The molecule has 0 saturated carbocycles. The first kappa shape index (κ1) is 23.1. The third-order valence-corrected chi connectivity index (χ3v) is 6.15. The summed E-state index contributed by atoms with van der Waals surface area (Å²) in [5, 5.41) is 14.3. The smallest absolute Gasteiger partial charge is 0.240 e. The van der Waals surface area contributed by atoms with E-state index in [0.29, 0.717) is 35.5 Å². The number of ether oxygens (including phenoxy) is 1. The SMILES string of the molecule is Cc1ccnc(Nc2ccc(NCCNS(=O)(=O)c3ccc(Oc4ccccc4)cc3)nn2)c1. The zero-order valence-corrected chi connectivity index (χ0v) is 19.3. The molecule has 10 heteroatoms. The highest BCUT2D eigenvalue weighted by Crippen LogP contribution is 2.22. The number of nitrogens with one attached hydrogen (secondary N) is 3. The van der Waals surface area contributed by atoms with Crippen LogP contribution in [0.1, 0.15) is 5.56 Å². The van der Waals surface area contributed by atoms with E-state index in [1.54, 1.807) is 30.5 Å². The van der Waals surface area contributed by atoms with Gasteiger partial charge in [0.25, 0.3) is 0 Å². The molecule has 0 amide bonds. The van der Waals surface area contributed by atoms with Crippen molar-refractivity contribution in [3.63, 3.8) is 0 Å². The number of sulfonamides is 1. The van der Waals surface area contributed by atoms with Crippen LogP contribution in [0.15, 0.2) is 90.0 Å². The first-order valence-corrected chi connectivity index (χ1v) is 12.1. The zero-order chi connectivity index (χ0) is 23.8. The van der Waals surface area contributed by atoms with Gasteiger partial charge in [0.15, 0.2) is 5.82 Å². The highest BCUT2D eigenvalue weighted by molar-refractivity contribution is 7.89. The Morgan fingerprint density at radius 2 is 1.50 bits per heavy atom. The van der Waals surface area contributed by atoms with Gasteiger partial charge in [-0.3, -0.25) is 0 Å². The van der Waals surface area contributed by atoms with Crippen LogP contribution in [-0.2, 0) is 10.0 Å². The number of benzene rings is 2. The molecule has 3 N–H and O–H groups in total. The molecule has 0 aliphatic carbocycles. The molecule has 4 rings (SSSR count). The Labute approximate surface area is 198 Å². The Kier molecular flexibility index (Phi) is 7.31. The van der Waals surface area contributed by atoms with E-state index in [1.165, 1.54) is 12.1 Å². The number of para-hydroxylation sites is 1. The van der Waals surface area contributed by atoms with Gasteiger partial charge in [-0.05, 0) is 73.2 Å². The van der Waals surface area contributed by atoms with Gasteiger partial charge >= 0.3 is 0 Å². The Bertz CT molecular complexity index is 1320. The molecule has 174 valence electrons. The van der Waals surface area contributed by atoms with Crippen molar-refractivity contribution >= 4 is 27.5 Å². The monoisotopic (exact) mass is 476 g/mol. The molecule has 0 saturated heterocycles. The number of aromatic nitrogens is 3. The van der Waals surface area contributed by atoms with E-state index in [-0.39, 0.29) is 11.4 Å². The Morgan fingerprint density at radius 3 is 2.21 bits per heavy atom. The van der Waals surface area contributed by atoms with Crippen LogP contribution in [0.4, 0.5) is 17.5 Å². The first-order valence-electron chi connectivity index (χ1n) is 10.6. The van der Waals surface area contributed by atoms with Crippen molar-refractivity contribution in [2.24, 2.45) is 0 Å². The van der Waals surface area contributed by atoms with Crippen LogP contribution >= 0.6 is 0 Å². The Hall–Kier alpha value is -4.02. The quantitative estimate of drug-likeness (QED) is 0.293. The number of rotatable bonds is 10. The van der Waals surface area contributed by atoms with Crippen LogP contribution in [0.25, 0.3) is 0 Å². The van der Waals surface area contributed by atoms with E-state index in [9.17, 15) is 8.42 Å². The summed E-state index contributed by atoms with van der Waals surface area (Å²) in [5.74, 6) is 3.01. The molecule has 2 heterocycles. The van der Waals surface area contributed by atoms with Crippen molar-refractivity contribution in [3.8, 4) is 11.5 Å². The minimum atomic E-state index is -3.65. The minimum absolute atomic E-state index is 0.160. The predicted octanol–water partition coefficient (Wildman–Crippen LogP) is 4.11. The number of nitrogens with zero attached hydrogens (tertiary/aromatic N) is 3. The summed E-state index contributed by atoms with van der Waals surface area (Å²) in [6, 6.07) is 22.9. The molecule has 4 aromatic rings. The fourth-order valence-corrected chi connectivity index (χ4v) is 4.03. The van der Waals surface area contributed by atoms with Gasteiger partial charge in [0.2, 0.25) is 10.0 Å². The molecular formula is C24H24N6O3S. The van der Waals surface area contributed by atoms with Gasteiger partial charge in [0.1, 0.15) is 23.1 Å². The van der Waals surface area contributed by atoms with Crippen molar-refractivity contribution in [1.82, 2.24) is 19.9 Å². The van der Waals surface area contributed by atoms with Crippen LogP contribution in [-0.4, -0.2) is 36.7 Å². The molecule has 0 aliphatic heterocycles. The van der Waals surface area contributed by atoms with Crippen molar-refractivity contribution in [3.05, 3.63) is 90.6 Å². The second kappa shape index (κ2) is 10.7. The lowest BCUT2D eigenvalue weighted by molar-refractivity contribution is 0.482. The maximum absolute atomic E-state index is 12.5. The van der Waals surface area contributed by atoms with Crippen molar-refractivity contribution < 1.29 is 13.2 Å². The molecule has 9 nitrogen and oxygen atoms in total. The summed E-state index contributed by atoms with van der Waals surface area (Å²) in [5.41, 5.74) is 1.09. The zero-order valence-electron chi connectivity index (χ0n) is 18.5. The molecule has 2 aromatic carbocycles. The van der Waals surface area contributed by atoms with Crippen LogP contribution in [0, 0.1) is 6.92 Å². The molecule has 0 radical (unpaired) electrons. The Balaban J connectivity index is 1.24. The van der Waals surface area contributed by atoms with Gasteiger partial charge in [0, 0.05) is 19.3 Å². The fourth-order valence-electron chi connectivity index (χ4n) is 3.00. The van der Waals surface area contributed by atoms with Crippen molar-refractivity contribution in [2.45, 2.75) is 11.8 Å². The number of hydrogen-bond donors (Lipinski definition) is 3. The van der Waals surface area contributed by atoms with E-state index in [2.05, 4.69) is 30.5 Å². The molecule has 0 atom stereocenters. The highest BCUT2D eigenvalue weighted by Gasteiger charge is 2.13. The average molecular weight is 477 g/mol. The summed E-state index contributed by atoms with van der Waals surface area (Å²) >= 11 is 0. The molecule has 0 unspecified atom stereocenters. The Morgan fingerprint density at radius 1 is 0.794 bits per heavy atom. The topological polar surface area (TPSA) is 118 Å². The lowest BCUT2D eigenvalue weighted by atomic mass is 10.3. The lowest BCUT2D eigenvalue weighted by Crippen LogP contribution is -2.29. The van der Waals surface area contributed by atoms with E-state index in [0.717, 1.165) is 5.56 Å². The van der Waals surface area contributed by atoms with E-state index >= 15 is 0 Å². The second-order valence-electron chi connectivity index (χ2n) is 7.36. The van der Waals surface area contributed by atoms with Crippen molar-refractivity contribution in [2.75, 3.05) is 23.7 Å². The summed E-state index contributed by atoms with van der Waals surface area (Å²) in [6.07, 6.45) is 1.72. The van der Waals surface area contributed by atoms with Gasteiger partial charge in [0.05, 0.1) is 4.90 Å². The largest absolute Gasteiger partial charge is 0.457 e. The number of hydrogen-bond acceptors (Lipinski definition) is 8. The maximum Gasteiger partial charge on any atom is 0.240 e. The normalized spacial score (nSPS) is 11.1. The van der Waals surface area contributed by atoms with Gasteiger partial charge in [-0.25, -0.2) is 18.1 Å². The lowest BCUT2D eigenvalue weighted by Gasteiger charge is -2.10. The molecule has 0 aliphatic rings. The van der Waals surface area contributed by atoms with Crippen LogP contribution < -0.4 is 20.1 Å². The summed E-state index contributed by atoms with van der Waals surface area (Å²) < 4.78 is 33.3. The van der Waals surface area contributed by atoms with Crippen LogP contribution in [0.5, 0.6) is 11.5 Å². The van der Waals surface area contributed by atoms with Crippen molar-refractivity contribution in [1.29, 1.82) is 0 Å². The molecular weight excluding hydrogens is 452 g/mol. The van der Waals surface area contributed by atoms with Crippen LogP contribution in [0.2, 0.25) is 0 Å². The van der Waals surface area contributed by atoms with Gasteiger partial charge in [-0.2, -0.15) is 0 Å². The van der Waals surface area contributed by atoms with Gasteiger partial charge in [-0.1, -0.05) is 18.2 Å². The summed E-state index contributed by atoms with van der Waals surface area (Å²) in [6.45, 7) is 2.50. The fraction of sp³-hybridized carbons (Fsp3) is 0.125. The van der Waals surface area contributed by atoms with Gasteiger partial charge < -0.3 is 15.4 Å². The highest BCUT2D eigenvalue weighted by atomic mass is 32.2.